The van der Waals surface area contributed by atoms with Gasteiger partial charge >= 0.3 is 0 Å². The SMILES string of the molecule is CNCc1ccc(Oc2ncnc3nc[nH]c23)cc1. The standard InChI is InChI=1S/C13H13N5O/c1-14-6-9-2-4-10(5-3-9)19-13-11-12(16-7-15-11)17-8-18-13/h2-5,7-8,14H,6H2,1H3,(H,15,16,17,18). The van der Waals surface area contributed by atoms with Crippen LogP contribution >= 0.6 is 0 Å². The van der Waals surface area contributed by atoms with Crippen LogP contribution in [0.5, 0.6) is 11.6 Å². The summed E-state index contributed by atoms with van der Waals surface area (Å²) in [6, 6.07) is 7.85. The highest BCUT2D eigenvalue weighted by molar-refractivity contribution is 5.75. The first-order valence-electron chi connectivity index (χ1n) is 5.92. The van der Waals surface area contributed by atoms with E-state index in [4.69, 9.17) is 4.74 Å². The van der Waals surface area contributed by atoms with Gasteiger partial charge in [0.2, 0.25) is 5.88 Å². The third-order valence-electron chi connectivity index (χ3n) is 2.71. The molecule has 1 aromatic carbocycles. The lowest BCUT2D eigenvalue weighted by atomic mass is 10.2. The van der Waals surface area contributed by atoms with Crippen molar-refractivity contribution in [2.75, 3.05) is 7.05 Å². The molecule has 0 aliphatic carbocycles. The van der Waals surface area contributed by atoms with Gasteiger partial charge in [0, 0.05) is 6.54 Å². The van der Waals surface area contributed by atoms with E-state index < -0.39 is 0 Å². The Kier molecular flexibility index (Phi) is 3.07. The lowest BCUT2D eigenvalue weighted by Gasteiger charge is -2.06. The number of hydrogen-bond donors (Lipinski definition) is 2. The second-order valence-corrected chi connectivity index (χ2v) is 4.06. The number of hydrogen-bond acceptors (Lipinski definition) is 5. The van der Waals surface area contributed by atoms with Gasteiger partial charge in [-0.1, -0.05) is 12.1 Å². The molecule has 0 saturated heterocycles. The Morgan fingerprint density at radius 1 is 1.16 bits per heavy atom. The maximum atomic E-state index is 5.74. The number of rotatable bonds is 4. The normalized spacial score (nSPS) is 10.8. The van der Waals surface area contributed by atoms with Crippen molar-refractivity contribution >= 4 is 11.2 Å². The number of aromatic nitrogens is 4. The molecule has 6 heteroatoms. The van der Waals surface area contributed by atoms with Crippen molar-refractivity contribution < 1.29 is 4.74 Å². The van der Waals surface area contributed by atoms with E-state index >= 15 is 0 Å². The predicted molar refractivity (Wildman–Crippen MR) is 71.0 cm³/mol. The van der Waals surface area contributed by atoms with Gasteiger partial charge in [-0.15, -0.1) is 0 Å². The van der Waals surface area contributed by atoms with Crippen molar-refractivity contribution in [3.05, 3.63) is 42.5 Å². The number of ether oxygens (including phenoxy) is 1. The molecule has 3 aromatic rings. The first-order chi connectivity index (χ1) is 9.36. The number of imidazole rings is 1. The molecule has 0 fully saturated rings. The summed E-state index contributed by atoms with van der Waals surface area (Å²) in [6.07, 6.45) is 3.01. The van der Waals surface area contributed by atoms with E-state index in [-0.39, 0.29) is 0 Å². The van der Waals surface area contributed by atoms with Gasteiger partial charge in [-0.25, -0.2) is 9.97 Å². The smallest absolute Gasteiger partial charge is 0.248 e. The molecule has 6 nitrogen and oxygen atoms in total. The number of H-pyrrole nitrogens is 1. The summed E-state index contributed by atoms with van der Waals surface area (Å²) in [5.74, 6) is 1.21. The molecule has 2 aromatic heterocycles. The number of nitrogens with one attached hydrogen (secondary N) is 2. The fourth-order valence-corrected chi connectivity index (χ4v) is 1.81. The zero-order valence-electron chi connectivity index (χ0n) is 10.4. The molecular formula is C13H13N5O. The lowest BCUT2D eigenvalue weighted by molar-refractivity contribution is 0.467. The number of aromatic amines is 1. The maximum Gasteiger partial charge on any atom is 0.248 e. The molecule has 0 atom stereocenters. The maximum absolute atomic E-state index is 5.74. The molecule has 0 spiro atoms. The van der Waals surface area contributed by atoms with Gasteiger partial charge in [-0.05, 0) is 24.7 Å². The van der Waals surface area contributed by atoms with E-state index in [1.807, 2.05) is 31.3 Å². The predicted octanol–water partition coefficient (Wildman–Crippen LogP) is 1.86. The molecule has 3 rings (SSSR count). The third-order valence-corrected chi connectivity index (χ3v) is 2.71. The molecule has 0 saturated carbocycles. The average Bonchev–Trinajstić information content (AvgIpc) is 2.91. The van der Waals surface area contributed by atoms with Gasteiger partial charge in [-0.3, -0.25) is 0 Å². The van der Waals surface area contributed by atoms with Crippen molar-refractivity contribution in [1.29, 1.82) is 0 Å². The summed E-state index contributed by atoms with van der Waals surface area (Å²) in [7, 11) is 1.92. The molecule has 0 bridgehead atoms. The fraction of sp³-hybridized carbons (Fsp3) is 0.154. The van der Waals surface area contributed by atoms with Crippen molar-refractivity contribution in [1.82, 2.24) is 25.3 Å². The topological polar surface area (TPSA) is 75.7 Å². The molecule has 2 heterocycles. The van der Waals surface area contributed by atoms with Crippen LogP contribution in [0, 0.1) is 0 Å². The molecule has 0 radical (unpaired) electrons. The molecule has 0 amide bonds. The Hall–Kier alpha value is -2.47. The zero-order valence-corrected chi connectivity index (χ0v) is 10.4. The van der Waals surface area contributed by atoms with Crippen molar-refractivity contribution in [2.45, 2.75) is 6.54 Å². The minimum atomic E-state index is 0.476. The van der Waals surface area contributed by atoms with E-state index in [1.54, 1.807) is 6.33 Å². The first kappa shape index (κ1) is 11.6. The van der Waals surface area contributed by atoms with E-state index in [0.29, 0.717) is 17.0 Å². The third kappa shape index (κ3) is 2.38. The Bertz CT molecular complexity index is 677. The minimum absolute atomic E-state index is 0.476. The fourth-order valence-electron chi connectivity index (χ4n) is 1.81. The van der Waals surface area contributed by atoms with Crippen LogP contribution in [0.4, 0.5) is 0 Å². The summed E-state index contributed by atoms with van der Waals surface area (Å²) < 4.78 is 5.74. The Morgan fingerprint density at radius 3 is 2.79 bits per heavy atom. The van der Waals surface area contributed by atoms with E-state index in [1.165, 1.54) is 11.9 Å². The first-order valence-corrected chi connectivity index (χ1v) is 5.92. The lowest BCUT2D eigenvalue weighted by Crippen LogP contribution is -2.04. The molecule has 2 N–H and O–H groups in total. The average molecular weight is 255 g/mol. The van der Waals surface area contributed by atoms with Crippen LogP contribution in [0.1, 0.15) is 5.56 Å². The van der Waals surface area contributed by atoms with Crippen LogP contribution < -0.4 is 10.1 Å². The van der Waals surface area contributed by atoms with Crippen LogP contribution in [-0.2, 0) is 6.54 Å². The van der Waals surface area contributed by atoms with Crippen LogP contribution in [0.2, 0.25) is 0 Å². The van der Waals surface area contributed by atoms with Crippen LogP contribution in [0.3, 0.4) is 0 Å². The Labute approximate surface area is 109 Å². The highest BCUT2D eigenvalue weighted by atomic mass is 16.5. The second kappa shape index (κ2) is 5.03. The molecule has 19 heavy (non-hydrogen) atoms. The second-order valence-electron chi connectivity index (χ2n) is 4.06. The van der Waals surface area contributed by atoms with Crippen molar-refractivity contribution in [2.24, 2.45) is 0 Å². The van der Waals surface area contributed by atoms with Crippen LogP contribution in [-0.4, -0.2) is 27.0 Å². The number of benzene rings is 1. The molecule has 96 valence electrons. The highest BCUT2D eigenvalue weighted by Gasteiger charge is 2.07. The van der Waals surface area contributed by atoms with E-state index in [2.05, 4.69) is 25.3 Å². The zero-order chi connectivity index (χ0) is 13.1. The van der Waals surface area contributed by atoms with E-state index in [9.17, 15) is 0 Å². The van der Waals surface area contributed by atoms with Gasteiger partial charge in [-0.2, -0.15) is 4.98 Å². The quantitative estimate of drug-likeness (QED) is 0.744. The Morgan fingerprint density at radius 2 is 2.00 bits per heavy atom. The van der Waals surface area contributed by atoms with Gasteiger partial charge < -0.3 is 15.0 Å². The summed E-state index contributed by atoms with van der Waals surface area (Å²) in [5.41, 5.74) is 2.49. The summed E-state index contributed by atoms with van der Waals surface area (Å²) >= 11 is 0. The summed E-state index contributed by atoms with van der Waals surface area (Å²) in [5, 5.41) is 3.10. The van der Waals surface area contributed by atoms with Crippen molar-refractivity contribution in [3.8, 4) is 11.6 Å². The molecule has 0 unspecified atom stereocenters. The largest absolute Gasteiger partial charge is 0.437 e. The van der Waals surface area contributed by atoms with Gasteiger partial charge in [0.25, 0.3) is 0 Å². The monoisotopic (exact) mass is 255 g/mol. The van der Waals surface area contributed by atoms with Gasteiger partial charge in [0.15, 0.2) is 5.65 Å². The molecular weight excluding hydrogens is 242 g/mol. The molecule has 0 aliphatic rings. The van der Waals surface area contributed by atoms with Gasteiger partial charge in [0.1, 0.15) is 17.6 Å². The number of nitrogens with zero attached hydrogens (tertiary/aromatic N) is 3. The van der Waals surface area contributed by atoms with Crippen LogP contribution in [0.25, 0.3) is 11.2 Å². The Balaban J connectivity index is 1.86. The van der Waals surface area contributed by atoms with Gasteiger partial charge in [0.05, 0.1) is 6.33 Å². The summed E-state index contributed by atoms with van der Waals surface area (Å²) in [6.45, 7) is 0.832. The minimum Gasteiger partial charge on any atom is -0.437 e. The number of fused-ring (bicyclic) bond motifs is 1. The molecule has 0 aliphatic heterocycles. The summed E-state index contributed by atoms with van der Waals surface area (Å²) in [4.78, 5) is 15.2. The van der Waals surface area contributed by atoms with Crippen molar-refractivity contribution in [3.63, 3.8) is 0 Å². The van der Waals surface area contributed by atoms with Crippen LogP contribution in [0.15, 0.2) is 36.9 Å². The highest BCUT2D eigenvalue weighted by Crippen LogP contribution is 2.24. The van der Waals surface area contributed by atoms with E-state index in [0.717, 1.165) is 12.3 Å².